The van der Waals surface area contributed by atoms with Crippen LogP contribution < -0.4 is 0 Å². The van der Waals surface area contributed by atoms with Gasteiger partial charge in [-0.2, -0.15) is 4.31 Å². The van der Waals surface area contributed by atoms with Crippen molar-refractivity contribution in [2.45, 2.75) is 24.3 Å². The third-order valence-corrected chi connectivity index (χ3v) is 6.01. The minimum Gasteiger partial charge on any atom is -0.478 e. The molecule has 1 aliphatic rings. The van der Waals surface area contributed by atoms with E-state index in [4.69, 9.17) is 16.7 Å². The number of aliphatic hydroxyl groups is 1. The number of sulfonamides is 1. The van der Waals surface area contributed by atoms with Crippen LogP contribution in [0, 0.1) is 5.92 Å². The second kappa shape index (κ2) is 5.92. The van der Waals surface area contributed by atoms with E-state index in [1.54, 1.807) is 6.92 Å². The zero-order chi connectivity index (χ0) is 15.8. The lowest BCUT2D eigenvalue weighted by molar-refractivity contribution is 0.0696. The van der Waals surface area contributed by atoms with E-state index in [1.165, 1.54) is 16.4 Å². The zero-order valence-corrected chi connectivity index (χ0v) is 12.9. The Morgan fingerprint density at radius 1 is 1.48 bits per heavy atom. The van der Waals surface area contributed by atoms with E-state index in [1.807, 2.05) is 0 Å². The van der Waals surface area contributed by atoms with Gasteiger partial charge in [-0.05, 0) is 37.5 Å². The van der Waals surface area contributed by atoms with Crippen molar-refractivity contribution in [2.24, 2.45) is 5.92 Å². The van der Waals surface area contributed by atoms with Gasteiger partial charge in [-0.15, -0.1) is 0 Å². The van der Waals surface area contributed by atoms with E-state index in [2.05, 4.69) is 0 Å². The smallest absolute Gasteiger partial charge is 0.335 e. The fourth-order valence-corrected chi connectivity index (χ4v) is 4.35. The van der Waals surface area contributed by atoms with Crippen LogP contribution in [0.5, 0.6) is 0 Å². The fraction of sp³-hybridized carbons (Fsp3) is 0.462. The van der Waals surface area contributed by atoms with Crippen LogP contribution in [0.15, 0.2) is 23.1 Å². The standard InChI is InChI=1S/C13H16ClNO5S/c1-8(16)10-4-5-15(7-10)21(19,20)12-6-9(13(17)18)2-3-11(12)14/h2-3,6,8,10,16H,4-5,7H2,1H3,(H,17,18). The summed E-state index contributed by atoms with van der Waals surface area (Å²) in [5, 5.41) is 18.5. The Morgan fingerprint density at radius 2 is 2.14 bits per heavy atom. The number of carboxylic acids is 1. The first-order chi connectivity index (χ1) is 9.73. The number of benzene rings is 1. The molecular weight excluding hydrogens is 318 g/mol. The van der Waals surface area contributed by atoms with E-state index in [-0.39, 0.29) is 34.5 Å². The number of aliphatic hydroxyl groups excluding tert-OH is 1. The number of hydrogen-bond donors (Lipinski definition) is 2. The van der Waals surface area contributed by atoms with Gasteiger partial charge in [-0.1, -0.05) is 11.6 Å². The SMILES string of the molecule is CC(O)C1CCN(S(=O)(=O)c2cc(C(=O)O)ccc2Cl)C1. The number of rotatable bonds is 4. The van der Waals surface area contributed by atoms with Crippen molar-refractivity contribution in [2.75, 3.05) is 13.1 Å². The Labute approximate surface area is 128 Å². The summed E-state index contributed by atoms with van der Waals surface area (Å²) in [7, 11) is -3.86. The molecule has 8 heteroatoms. The van der Waals surface area contributed by atoms with Crippen molar-refractivity contribution < 1.29 is 23.4 Å². The van der Waals surface area contributed by atoms with Crippen molar-refractivity contribution in [1.82, 2.24) is 4.31 Å². The lowest BCUT2D eigenvalue weighted by atomic mass is 10.0. The van der Waals surface area contributed by atoms with Crippen LogP contribution >= 0.6 is 11.6 Å². The Kier molecular flexibility index (Phi) is 4.57. The molecule has 6 nitrogen and oxygen atoms in total. The minimum atomic E-state index is -3.86. The Bertz CT molecular complexity index is 659. The van der Waals surface area contributed by atoms with Gasteiger partial charge < -0.3 is 10.2 Å². The molecule has 2 N–H and O–H groups in total. The van der Waals surface area contributed by atoms with Crippen molar-refractivity contribution in [3.63, 3.8) is 0 Å². The summed E-state index contributed by atoms with van der Waals surface area (Å²) in [5.74, 6) is -1.34. The van der Waals surface area contributed by atoms with Crippen molar-refractivity contribution in [3.8, 4) is 0 Å². The Balaban J connectivity index is 2.36. The molecule has 1 aliphatic heterocycles. The lowest BCUT2D eigenvalue weighted by Crippen LogP contribution is -2.30. The molecule has 21 heavy (non-hydrogen) atoms. The van der Waals surface area contributed by atoms with Crippen LogP contribution in [0.4, 0.5) is 0 Å². The maximum absolute atomic E-state index is 12.6. The molecule has 2 unspecified atom stereocenters. The van der Waals surface area contributed by atoms with Gasteiger partial charge in [-0.25, -0.2) is 13.2 Å². The summed E-state index contributed by atoms with van der Waals surface area (Å²) in [5.41, 5.74) is -0.135. The topological polar surface area (TPSA) is 94.9 Å². The molecule has 1 aromatic rings. The lowest BCUT2D eigenvalue weighted by Gasteiger charge is -2.18. The van der Waals surface area contributed by atoms with E-state index in [0.29, 0.717) is 6.42 Å². The average molecular weight is 334 g/mol. The Morgan fingerprint density at radius 3 is 2.67 bits per heavy atom. The summed E-state index contributed by atoms with van der Waals surface area (Å²) in [6, 6.07) is 3.59. The summed E-state index contributed by atoms with van der Waals surface area (Å²) < 4.78 is 26.4. The molecular formula is C13H16ClNO5S. The first-order valence-electron chi connectivity index (χ1n) is 6.44. The molecule has 1 aromatic carbocycles. The minimum absolute atomic E-state index is 0.0134. The zero-order valence-electron chi connectivity index (χ0n) is 11.4. The largest absolute Gasteiger partial charge is 0.478 e. The molecule has 2 atom stereocenters. The number of carboxylic acid groups (broad SMARTS) is 1. The quantitative estimate of drug-likeness (QED) is 0.869. The number of carbonyl (C=O) groups is 1. The van der Waals surface area contributed by atoms with Crippen LogP contribution in [-0.2, 0) is 10.0 Å². The number of halogens is 1. The number of hydrogen-bond acceptors (Lipinski definition) is 4. The number of nitrogens with zero attached hydrogens (tertiary/aromatic N) is 1. The Hall–Kier alpha value is -1.15. The highest BCUT2D eigenvalue weighted by Gasteiger charge is 2.35. The molecule has 0 saturated carbocycles. The second-order valence-electron chi connectivity index (χ2n) is 5.10. The van der Waals surface area contributed by atoms with Gasteiger partial charge in [-0.3, -0.25) is 0 Å². The van der Waals surface area contributed by atoms with Gasteiger partial charge in [0.2, 0.25) is 10.0 Å². The first kappa shape index (κ1) is 16.2. The second-order valence-corrected chi connectivity index (χ2v) is 7.42. The maximum atomic E-state index is 12.6. The highest BCUT2D eigenvalue weighted by Crippen LogP contribution is 2.30. The van der Waals surface area contributed by atoms with Crippen molar-refractivity contribution in [3.05, 3.63) is 28.8 Å². The van der Waals surface area contributed by atoms with Gasteiger partial charge in [0.1, 0.15) is 4.90 Å². The molecule has 0 spiro atoms. The van der Waals surface area contributed by atoms with E-state index >= 15 is 0 Å². The van der Waals surface area contributed by atoms with Crippen LogP contribution in [0.1, 0.15) is 23.7 Å². The molecule has 2 rings (SSSR count). The highest BCUT2D eigenvalue weighted by molar-refractivity contribution is 7.89. The van der Waals surface area contributed by atoms with Crippen LogP contribution in [0.3, 0.4) is 0 Å². The number of aromatic carboxylic acids is 1. The van der Waals surface area contributed by atoms with Crippen molar-refractivity contribution >= 4 is 27.6 Å². The van der Waals surface area contributed by atoms with Crippen molar-refractivity contribution in [1.29, 1.82) is 0 Å². The summed E-state index contributed by atoms with van der Waals surface area (Å²) in [4.78, 5) is 10.8. The van der Waals surface area contributed by atoms with E-state index in [9.17, 15) is 18.3 Å². The summed E-state index contributed by atoms with van der Waals surface area (Å²) in [6.45, 7) is 2.11. The van der Waals surface area contributed by atoms with Gasteiger partial charge in [0, 0.05) is 13.1 Å². The molecule has 0 bridgehead atoms. The normalized spacial score (nSPS) is 21.4. The molecule has 0 aliphatic carbocycles. The monoisotopic (exact) mass is 333 g/mol. The highest BCUT2D eigenvalue weighted by atomic mass is 35.5. The van der Waals surface area contributed by atoms with Crippen LogP contribution in [-0.4, -0.2) is 48.1 Å². The predicted octanol–water partition coefficient (Wildman–Crippen LogP) is 1.43. The third kappa shape index (κ3) is 3.21. The molecule has 1 saturated heterocycles. The van der Waals surface area contributed by atoms with E-state index < -0.39 is 22.1 Å². The van der Waals surface area contributed by atoms with Crippen LogP contribution in [0.2, 0.25) is 5.02 Å². The molecule has 0 amide bonds. The molecule has 1 heterocycles. The molecule has 1 fully saturated rings. The van der Waals surface area contributed by atoms with Gasteiger partial charge in [0.25, 0.3) is 0 Å². The average Bonchev–Trinajstić information content (AvgIpc) is 2.89. The molecule has 116 valence electrons. The predicted molar refractivity (Wildman–Crippen MR) is 77.0 cm³/mol. The van der Waals surface area contributed by atoms with Gasteiger partial charge >= 0.3 is 5.97 Å². The van der Waals surface area contributed by atoms with Crippen LogP contribution in [0.25, 0.3) is 0 Å². The van der Waals surface area contributed by atoms with Gasteiger partial charge in [0.05, 0.1) is 16.7 Å². The summed E-state index contributed by atoms with van der Waals surface area (Å²) >= 11 is 5.91. The fourth-order valence-electron chi connectivity index (χ4n) is 2.34. The first-order valence-corrected chi connectivity index (χ1v) is 8.26. The van der Waals surface area contributed by atoms with E-state index in [0.717, 1.165) is 6.07 Å². The summed E-state index contributed by atoms with van der Waals surface area (Å²) in [6.07, 6.45) is -0.0290. The molecule has 0 aromatic heterocycles. The maximum Gasteiger partial charge on any atom is 0.335 e. The third-order valence-electron chi connectivity index (χ3n) is 3.67. The van der Waals surface area contributed by atoms with Gasteiger partial charge in [0.15, 0.2) is 0 Å². The molecule has 0 radical (unpaired) electrons.